The minimum absolute atomic E-state index is 0.233. The van der Waals surface area contributed by atoms with Gasteiger partial charge in [-0.25, -0.2) is 4.79 Å². The van der Waals surface area contributed by atoms with E-state index in [4.69, 9.17) is 14.6 Å². The highest BCUT2D eigenvalue weighted by Crippen LogP contribution is 2.34. The van der Waals surface area contributed by atoms with Gasteiger partial charge in [-0.1, -0.05) is 42.5 Å². The molecular weight excluding hydrogens is 328 g/mol. The zero-order valence-corrected chi connectivity index (χ0v) is 15.0. The molecule has 0 heterocycles. The van der Waals surface area contributed by atoms with Gasteiger partial charge in [-0.2, -0.15) is 0 Å². The molecule has 26 heavy (non-hydrogen) atoms. The number of aliphatic carboxylic acids is 1. The Bertz CT molecular complexity index is 681. The number of carbonyl (C=O) groups is 1. The standard InChI is InChI=1S/C22H26O4/c23-22(24)16-25-14-13-17-9-11-18(12-10-17)19-5-4-8-21(15-19)26-20-6-2-1-3-7-20/h1-3,6-7,9-12,19,21H,4-5,8,13-16H2,(H,23,24)/t19-,21+/m0/s1. The number of hydrogen-bond acceptors (Lipinski definition) is 3. The molecule has 4 heteroatoms. The molecule has 0 radical (unpaired) electrons. The van der Waals surface area contributed by atoms with E-state index in [0.29, 0.717) is 12.5 Å². The van der Waals surface area contributed by atoms with Crippen molar-refractivity contribution in [2.45, 2.75) is 44.1 Å². The van der Waals surface area contributed by atoms with Crippen LogP contribution in [0.2, 0.25) is 0 Å². The summed E-state index contributed by atoms with van der Waals surface area (Å²) in [6, 6.07) is 18.7. The molecule has 2 atom stereocenters. The molecular formula is C22H26O4. The van der Waals surface area contributed by atoms with E-state index in [-0.39, 0.29) is 12.7 Å². The molecule has 2 aromatic carbocycles. The summed E-state index contributed by atoms with van der Waals surface area (Å²) in [5, 5.41) is 8.57. The number of para-hydroxylation sites is 1. The monoisotopic (exact) mass is 354 g/mol. The van der Waals surface area contributed by atoms with Gasteiger partial charge in [0.2, 0.25) is 0 Å². The van der Waals surface area contributed by atoms with Gasteiger partial charge in [0.15, 0.2) is 0 Å². The van der Waals surface area contributed by atoms with Gasteiger partial charge in [0, 0.05) is 0 Å². The molecule has 2 aromatic rings. The molecule has 4 nitrogen and oxygen atoms in total. The van der Waals surface area contributed by atoms with Crippen molar-refractivity contribution in [1.82, 2.24) is 0 Å². The third kappa shape index (κ3) is 5.60. The summed E-state index contributed by atoms with van der Waals surface area (Å²) in [6.07, 6.45) is 5.57. The number of carboxylic acids is 1. The topological polar surface area (TPSA) is 55.8 Å². The molecule has 0 unspecified atom stereocenters. The summed E-state index contributed by atoms with van der Waals surface area (Å²) in [5.41, 5.74) is 2.54. The van der Waals surface area contributed by atoms with Crippen LogP contribution >= 0.6 is 0 Å². The highest BCUT2D eigenvalue weighted by atomic mass is 16.5. The first kappa shape index (κ1) is 18.5. The van der Waals surface area contributed by atoms with Crippen LogP contribution in [0, 0.1) is 0 Å². The fourth-order valence-corrected chi connectivity index (χ4v) is 3.55. The van der Waals surface area contributed by atoms with E-state index >= 15 is 0 Å². The number of hydrogen-bond donors (Lipinski definition) is 1. The first-order chi connectivity index (χ1) is 12.7. The molecule has 138 valence electrons. The average Bonchev–Trinajstić information content (AvgIpc) is 2.67. The molecule has 0 saturated heterocycles. The molecule has 0 bridgehead atoms. The summed E-state index contributed by atoms with van der Waals surface area (Å²) in [5.74, 6) is 0.564. The Morgan fingerprint density at radius 2 is 1.81 bits per heavy atom. The number of benzene rings is 2. The number of carboxylic acid groups (broad SMARTS) is 1. The molecule has 1 N–H and O–H groups in total. The highest BCUT2D eigenvalue weighted by Gasteiger charge is 2.24. The van der Waals surface area contributed by atoms with E-state index in [2.05, 4.69) is 24.3 Å². The second-order valence-corrected chi connectivity index (χ2v) is 6.85. The van der Waals surface area contributed by atoms with Gasteiger partial charge in [-0.3, -0.25) is 0 Å². The molecule has 1 saturated carbocycles. The van der Waals surface area contributed by atoms with Crippen molar-refractivity contribution in [3.05, 3.63) is 65.7 Å². The van der Waals surface area contributed by atoms with Crippen LogP contribution in [0.5, 0.6) is 5.75 Å². The van der Waals surface area contributed by atoms with E-state index in [1.165, 1.54) is 24.0 Å². The van der Waals surface area contributed by atoms with Crippen molar-refractivity contribution in [3.8, 4) is 5.75 Å². The summed E-state index contributed by atoms with van der Waals surface area (Å²) in [4.78, 5) is 10.4. The first-order valence-corrected chi connectivity index (χ1v) is 9.31. The summed E-state index contributed by atoms with van der Waals surface area (Å²) < 4.78 is 11.3. The Hall–Kier alpha value is -2.33. The zero-order valence-electron chi connectivity index (χ0n) is 15.0. The quantitative estimate of drug-likeness (QED) is 0.712. The van der Waals surface area contributed by atoms with Crippen LogP contribution in [0.15, 0.2) is 54.6 Å². The summed E-state index contributed by atoms with van der Waals surface area (Å²) in [6.45, 7) is 0.199. The minimum Gasteiger partial charge on any atom is -0.490 e. The van der Waals surface area contributed by atoms with Crippen molar-refractivity contribution in [3.63, 3.8) is 0 Å². The van der Waals surface area contributed by atoms with Crippen molar-refractivity contribution in [2.24, 2.45) is 0 Å². The molecule has 1 aliphatic carbocycles. The molecule has 0 aromatic heterocycles. The van der Waals surface area contributed by atoms with Gasteiger partial charge >= 0.3 is 5.97 Å². The highest BCUT2D eigenvalue weighted by molar-refractivity contribution is 5.67. The van der Waals surface area contributed by atoms with Crippen LogP contribution in [0.4, 0.5) is 0 Å². The van der Waals surface area contributed by atoms with Gasteiger partial charge in [0.25, 0.3) is 0 Å². The first-order valence-electron chi connectivity index (χ1n) is 9.31. The Kier molecular flexibility index (Phi) is 6.67. The van der Waals surface area contributed by atoms with Crippen LogP contribution in [-0.4, -0.2) is 30.4 Å². The predicted molar refractivity (Wildman–Crippen MR) is 101 cm³/mol. The van der Waals surface area contributed by atoms with Crippen molar-refractivity contribution >= 4 is 5.97 Å². The number of rotatable bonds is 8. The van der Waals surface area contributed by atoms with Crippen LogP contribution < -0.4 is 4.74 Å². The van der Waals surface area contributed by atoms with E-state index in [9.17, 15) is 4.79 Å². The maximum Gasteiger partial charge on any atom is 0.329 e. The third-order valence-electron chi connectivity index (χ3n) is 4.88. The van der Waals surface area contributed by atoms with E-state index < -0.39 is 5.97 Å². The van der Waals surface area contributed by atoms with Crippen LogP contribution in [0.3, 0.4) is 0 Å². The lowest BCUT2D eigenvalue weighted by Crippen LogP contribution is -2.24. The lowest BCUT2D eigenvalue weighted by atomic mass is 9.82. The largest absolute Gasteiger partial charge is 0.490 e. The third-order valence-corrected chi connectivity index (χ3v) is 4.88. The Balaban J connectivity index is 1.51. The van der Waals surface area contributed by atoms with Gasteiger partial charge in [0.05, 0.1) is 12.7 Å². The lowest BCUT2D eigenvalue weighted by Gasteiger charge is -2.30. The molecule has 1 fully saturated rings. The number of ether oxygens (including phenoxy) is 2. The molecule has 0 aliphatic heterocycles. The molecule has 1 aliphatic rings. The second-order valence-electron chi connectivity index (χ2n) is 6.85. The Morgan fingerprint density at radius 1 is 1.04 bits per heavy atom. The SMILES string of the molecule is O=C(O)COCCc1ccc([C@H]2CCC[C@@H](Oc3ccccc3)C2)cc1. The second kappa shape index (κ2) is 9.39. The van der Waals surface area contributed by atoms with Gasteiger partial charge in [-0.05, 0) is 61.3 Å². The van der Waals surface area contributed by atoms with Gasteiger partial charge in [0.1, 0.15) is 12.4 Å². The van der Waals surface area contributed by atoms with Crippen LogP contribution in [-0.2, 0) is 16.0 Å². The molecule has 0 amide bonds. The van der Waals surface area contributed by atoms with E-state index in [1.54, 1.807) is 0 Å². The fourth-order valence-electron chi connectivity index (χ4n) is 3.55. The van der Waals surface area contributed by atoms with Crippen molar-refractivity contribution in [2.75, 3.05) is 13.2 Å². The smallest absolute Gasteiger partial charge is 0.329 e. The Labute approximate surface area is 154 Å². The fraction of sp³-hybridized carbons (Fsp3) is 0.409. The van der Waals surface area contributed by atoms with Gasteiger partial charge in [-0.15, -0.1) is 0 Å². The minimum atomic E-state index is -0.926. The lowest BCUT2D eigenvalue weighted by molar-refractivity contribution is -0.142. The predicted octanol–water partition coefficient (Wildman–Crippen LogP) is 4.44. The van der Waals surface area contributed by atoms with Crippen LogP contribution in [0.1, 0.15) is 42.7 Å². The zero-order chi connectivity index (χ0) is 18.2. The van der Waals surface area contributed by atoms with Crippen molar-refractivity contribution in [1.29, 1.82) is 0 Å². The van der Waals surface area contributed by atoms with E-state index in [1.807, 2.05) is 30.3 Å². The van der Waals surface area contributed by atoms with Gasteiger partial charge < -0.3 is 14.6 Å². The summed E-state index contributed by atoms with van der Waals surface area (Å²) >= 11 is 0. The van der Waals surface area contributed by atoms with Crippen molar-refractivity contribution < 1.29 is 19.4 Å². The van der Waals surface area contributed by atoms with E-state index in [0.717, 1.165) is 25.0 Å². The summed E-state index contributed by atoms with van der Waals surface area (Å²) in [7, 11) is 0. The van der Waals surface area contributed by atoms with Crippen LogP contribution in [0.25, 0.3) is 0 Å². The maximum absolute atomic E-state index is 10.4. The molecule has 0 spiro atoms. The Morgan fingerprint density at radius 3 is 2.54 bits per heavy atom. The maximum atomic E-state index is 10.4. The molecule has 3 rings (SSSR count). The normalized spacial score (nSPS) is 19.8. The average molecular weight is 354 g/mol.